The van der Waals surface area contributed by atoms with Gasteiger partial charge >= 0.3 is 49.4 Å². The van der Waals surface area contributed by atoms with Gasteiger partial charge in [-0.15, -0.1) is 0 Å². The number of aromatic nitrogens is 1. The summed E-state index contributed by atoms with van der Waals surface area (Å²) in [6.45, 7) is 4.58. The van der Waals surface area contributed by atoms with Gasteiger partial charge in [-0.2, -0.15) is 132 Å². The molecule has 1 heterocycles. The van der Waals surface area contributed by atoms with Gasteiger partial charge in [0.15, 0.2) is 0 Å². The summed E-state index contributed by atoms with van der Waals surface area (Å²) in [5, 5.41) is 1.13. The second kappa shape index (κ2) is 22.2. The average Bonchev–Trinajstić information content (AvgIpc) is 0.758. The third-order valence-electron chi connectivity index (χ3n) is 13.7. The Morgan fingerprint density at radius 1 is 0.357 bits per heavy atom. The maximum Gasteiger partial charge on any atom is 0.416 e. The van der Waals surface area contributed by atoms with Gasteiger partial charge in [-0.25, -0.2) is 0 Å². The summed E-state index contributed by atoms with van der Waals surface area (Å²) in [6, 6.07) is 19.5. The molecule has 7 aromatic carbocycles. The van der Waals surface area contributed by atoms with Crippen molar-refractivity contribution in [2.24, 2.45) is 0 Å². The number of pyridine rings is 1. The van der Waals surface area contributed by atoms with Crippen molar-refractivity contribution < 1.29 is 115 Å². The van der Waals surface area contributed by atoms with Crippen molar-refractivity contribution in [3.63, 3.8) is 0 Å². The van der Waals surface area contributed by atoms with Gasteiger partial charge < -0.3 is 0 Å². The minimum absolute atomic E-state index is 0.114. The van der Waals surface area contributed by atoms with Gasteiger partial charge in [0.25, 0.3) is 0 Å². The lowest BCUT2D eigenvalue weighted by Crippen LogP contribution is -2.75. The molecule has 0 unspecified atom stereocenters. The quantitative estimate of drug-likeness (QED) is 0.0643. The second-order valence-corrected chi connectivity index (χ2v) is 19.1. The molecule has 0 aliphatic heterocycles. The Morgan fingerprint density at radius 3 is 0.988 bits per heavy atom. The Balaban J connectivity index is 0.000000309. The molecule has 8 rings (SSSR count). The van der Waals surface area contributed by atoms with Crippen LogP contribution in [0.25, 0.3) is 22.2 Å². The zero-order valence-electron chi connectivity index (χ0n) is 42.2. The smallest absolute Gasteiger partial charge is 0.287 e. The van der Waals surface area contributed by atoms with Crippen LogP contribution >= 0.6 is 0 Å². The first-order chi connectivity index (χ1) is 38.4. The van der Waals surface area contributed by atoms with Gasteiger partial charge in [0.2, 0.25) is 23.5 Å². The topological polar surface area (TPSA) is 20.9 Å². The lowest BCUT2D eigenvalue weighted by Gasteiger charge is -2.46. The largest absolute Gasteiger partial charge is 0.416 e. The molecular formula is C57H34BF24NO. The highest BCUT2D eigenvalue weighted by atomic mass is 19.4. The number of alkyl halides is 24. The van der Waals surface area contributed by atoms with Crippen molar-refractivity contribution in [1.82, 2.24) is 0 Å². The fraction of sp³-hybridized carbons (Fsp3) is 0.193. The van der Waals surface area contributed by atoms with Crippen LogP contribution in [0.2, 0.25) is 0 Å². The maximum absolute atomic E-state index is 14.2. The van der Waals surface area contributed by atoms with Crippen molar-refractivity contribution in [3.8, 4) is 11.3 Å². The van der Waals surface area contributed by atoms with E-state index in [1.54, 1.807) is 0 Å². The van der Waals surface area contributed by atoms with Crippen LogP contribution in [0, 0.1) is 13.8 Å². The first-order valence-electron chi connectivity index (χ1n) is 23.8. The fourth-order valence-electron chi connectivity index (χ4n) is 9.63. The standard InChI is InChI=1S/C32H12BF24.C25H22NO/c34-25(35,36)13-1-14(26(37,38)39)6-21(5-13)33(22-7-15(27(40,41)42)2-16(8-22)28(43,44)45,23-9-17(29(46,47)48)3-18(10-23)30(49,50)51)24-11-19(31(52,53)54)4-20(12-24)32(55,56)57;1-18-9-8-13-22(19(18)2)24-16-15-20-10-6-7-14-23(20)26(24)17-25(27)21-11-4-3-5-12-21/h1-12H;3-16H,17H2,1-2H3/q-1;+1. The molecule has 0 saturated carbocycles. The number of benzene rings is 7. The van der Waals surface area contributed by atoms with E-state index in [4.69, 9.17) is 0 Å². The summed E-state index contributed by atoms with van der Waals surface area (Å²) in [4.78, 5) is 13.0. The van der Waals surface area contributed by atoms with Gasteiger partial charge in [-0.05, 0) is 67.4 Å². The number of Topliss-reactive ketones (excluding diaryl/α,β-unsaturated/α-hetero) is 1. The van der Waals surface area contributed by atoms with Gasteiger partial charge in [0.05, 0.1) is 44.5 Å². The van der Waals surface area contributed by atoms with Crippen LogP contribution in [0.5, 0.6) is 0 Å². The number of nitrogens with zero attached hydrogens (tertiary/aromatic N) is 1. The lowest BCUT2D eigenvalue weighted by molar-refractivity contribution is -0.646. The Kier molecular flexibility index (Phi) is 16.8. The number of carbonyl (C=O) groups is 1. The van der Waals surface area contributed by atoms with E-state index >= 15 is 0 Å². The summed E-state index contributed by atoms with van der Waals surface area (Å²) in [6.07, 6.45) is -54.8. The second-order valence-electron chi connectivity index (χ2n) is 19.1. The predicted octanol–water partition coefficient (Wildman–Crippen LogP) is 16.5. The minimum Gasteiger partial charge on any atom is -0.287 e. The van der Waals surface area contributed by atoms with Crippen LogP contribution in [-0.2, 0) is 56.0 Å². The zero-order chi connectivity index (χ0) is 62.7. The van der Waals surface area contributed by atoms with Crippen molar-refractivity contribution in [2.75, 3.05) is 0 Å². The molecule has 0 saturated heterocycles. The molecule has 1 aromatic heterocycles. The van der Waals surface area contributed by atoms with Gasteiger partial charge in [-0.3, -0.25) is 4.79 Å². The van der Waals surface area contributed by atoms with E-state index in [9.17, 15) is 110 Å². The monoisotopic (exact) mass is 1220 g/mol. The number of rotatable bonds is 8. The normalized spacial score (nSPS) is 13.2. The number of hydrogen-bond acceptors (Lipinski definition) is 1. The highest BCUT2D eigenvalue weighted by Gasteiger charge is 2.47. The number of ketones is 1. The Hall–Kier alpha value is -8.00. The van der Waals surface area contributed by atoms with Crippen molar-refractivity contribution in [2.45, 2.75) is 69.8 Å². The molecular weight excluding hydrogens is 1180 g/mol. The first kappa shape index (κ1) is 63.6. The Morgan fingerprint density at radius 2 is 0.667 bits per heavy atom. The summed E-state index contributed by atoms with van der Waals surface area (Å²) in [5.74, 6) is 0.114. The van der Waals surface area contributed by atoms with Gasteiger partial charge in [-0.1, -0.05) is 103 Å². The molecule has 444 valence electrons. The third kappa shape index (κ3) is 13.6. The highest BCUT2D eigenvalue weighted by Crippen LogP contribution is 2.42. The lowest BCUT2D eigenvalue weighted by atomic mass is 9.12. The summed E-state index contributed by atoms with van der Waals surface area (Å²) in [7, 11) is 0. The SMILES string of the molecule is Cc1cccc(-c2ccc3ccccc3[n+]2CC(=O)c2ccccc2)c1C.FC(F)(F)c1cc([B-](c2cc(C(F)(F)F)cc(C(F)(F)F)c2)(c2cc(C(F)(F)F)cc(C(F)(F)F)c2)c2cc(C(F)(F)F)cc(C(F)(F)F)c2)cc(C(F)(F)F)c1. The number of hydrogen-bond donors (Lipinski definition) is 0. The molecule has 0 amide bonds. The van der Waals surface area contributed by atoms with Crippen LogP contribution in [0.1, 0.15) is 66.0 Å². The van der Waals surface area contributed by atoms with Crippen molar-refractivity contribution in [1.29, 1.82) is 0 Å². The molecule has 0 bridgehead atoms. The van der Waals surface area contributed by atoms with E-state index in [-0.39, 0.29) is 5.78 Å². The summed E-state index contributed by atoms with van der Waals surface area (Å²) >= 11 is 0. The fourth-order valence-corrected chi connectivity index (χ4v) is 9.63. The van der Waals surface area contributed by atoms with Crippen LogP contribution in [0.3, 0.4) is 0 Å². The van der Waals surface area contributed by atoms with Crippen LogP contribution in [0.15, 0.2) is 158 Å². The molecule has 2 nitrogen and oxygen atoms in total. The molecule has 0 aliphatic carbocycles. The van der Waals surface area contributed by atoms with Gasteiger partial charge in [0.1, 0.15) is 6.15 Å². The Bertz CT molecular complexity index is 3310. The van der Waals surface area contributed by atoms with E-state index in [0.717, 1.165) is 22.2 Å². The molecule has 0 N–H and O–H groups in total. The molecule has 0 radical (unpaired) electrons. The average molecular weight is 1220 g/mol. The molecule has 0 aliphatic rings. The molecule has 0 atom stereocenters. The first-order valence-corrected chi connectivity index (χ1v) is 23.8. The maximum atomic E-state index is 14.2. The summed E-state index contributed by atoms with van der Waals surface area (Å²) in [5.41, 5.74) is -23.7. The van der Waals surface area contributed by atoms with E-state index in [1.807, 2.05) is 42.5 Å². The van der Waals surface area contributed by atoms with Crippen LogP contribution < -0.4 is 26.4 Å². The molecule has 8 aromatic rings. The van der Waals surface area contributed by atoms with E-state index < -0.39 is 195 Å². The van der Waals surface area contributed by atoms with Crippen LogP contribution in [0.4, 0.5) is 105 Å². The molecule has 0 fully saturated rings. The summed E-state index contributed by atoms with van der Waals surface area (Å²) < 4.78 is 343. The molecule has 84 heavy (non-hydrogen) atoms. The van der Waals surface area contributed by atoms with E-state index in [1.165, 1.54) is 16.7 Å². The van der Waals surface area contributed by atoms with E-state index in [2.05, 4.69) is 60.9 Å². The molecule has 0 spiro atoms. The van der Waals surface area contributed by atoms with Crippen molar-refractivity contribution in [3.05, 3.63) is 219 Å². The Labute approximate surface area is 458 Å². The minimum atomic E-state index is -6.13. The number of para-hydroxylation sites is 1. The van der Waals surface area contributed by atoms with Crippen molar-refractivity contribution >= 4 is 44.7 Å². The van der Waals surface area contributed by atoms with Gasteiger partial charge in [0, 0.05) is 28.6 Å². The molecule has 27 heteroatoms. The number of fused-ring (bicyclic) bond motifs is 1. The highest BCUT2D eigenvalue weighted by molar-refractivity contribution is 7.20. The predicted molar refractivity (Wildman–Crippen MR) is 260 cm³/mol. The number of carbonyl (C=O) groups excluding carboxylic acids is 1. The zero-order valence-corrected chi connectivity index (χ0v) is 42.2. The third-order valence-corrected chi connectivity index (χ3v) is 13.7. The number of halogens is 24. The number of aryl methyl sites for hydroxylation is 1. The van der Waals surface area contributed by atoms with Crippen LogP contribution in [-0.4, -0.2) is 11.9 Å². The van der Waals surface area contributed by atoms with E-state index in [0.29, 0.717) is 6.54 Å².